The van der Waals surface area contributed by atoms with Crippen LogP contribution in [-0.4, -0.2) is 31.4 Å². The summed E-state index contributed by atoms with van der Waals surface area (Å²) >= 11 is 0. The highest BCUT2D eigenvalue weighted by molar-refractivity contribution is 7.61. The number of carbonyl (C=O) groups excluding carboxylic acids is 2. The summed E-state index contributed by atoms with van der Waals surface area (Å²) in [5.74, 6) is -1.23. The van der Waals surface area contributed by atoms with E-state index in [-0.39, 0.29) is 22.5 Å². The van der Waals surface area contributed by atoms with Crippen LogP contribution < -0.4 is 21.2 Å². The predicted octanol–water partition coefficient (Wildman–Crippen LogP) is 1.21. The SMILES string of the molecule is C=CC(=O)Nc1ccc(-c2ccc(NC(=O)C=C)cc2P(=O)(O)O)c(P(=O)(O)O)c1. The van der Waals surface area contributed by atoms with E-state index in [1.807, 2.05) is 0 Å². The maximum Gasteiger partial charge on any atom is 0.356 e. The first-order valence-corrected chi connectivity index (χ1v) is 11.4. The van der Waals surface area contributed by atoms with Gasteiger partial charge in [-0.3, -0.25) is 18.7 Å². The Kier molecular flexibility index (Phi) is 6.95. The first-order valence-electron chi connectivity index (χ1n) is 8.14. The van der Waals surface area contributed by atoms with E-state index in [0.717, 1.165) is 24.3 Å². The first-order chi connectivity index (χ1) is 13.9. The minimum atomic E-state index is -4.92. The molecule has 30 heavy (non-hydrogen) atoms. The number of hydrogen-bond donors (Lipinski definition) is 6. The van der Waals surface area contributed by atoms with Gasteiger partial charge in [-0.15, -0.1) is 0 Å². The smallest absolute Gasteiger partial charge is 0.323 e. The summed E-state index contributed by atoms with van der Waals surface area (Å²) in [7, 11) is -9.85. The number of benzene rings is 2. The Morgan fingerprint density at radius 1 is 0.733 bits per heavy atom. The van der Waals surface area contributed by atoms with Gasteiger partial charge < -0.3 is 30.2 Å². The number of amides is 2. The second-order valence-corrected chi connectivity index (χ2v) is 9.08. The van der Waals surface area contributed by atoms with Crippen LogP contribution in [0, 0.1) is 0 Å². The van der Waals surface area contributed by atoms with E-state index >= 15 is 0 Å². The van der Waals surface area contributed by atoms with Crippen molar-refractivity contribution in [3.8, 4) is 11.1 Å². The van der Waals surface area contributed by atoms with Crippen molar-refractivity contribution in [1.82, 2.24) is 0 Å². The third-order valence-electron chi connectivity index (χ3n) is 3.82. The Bertz CT molecular complexity index is 1040. The van der Waals surface area contributed by atoms with E-state index in [1.165, 1.54) is 24.3 Å². The normalized spacial score (nSPS) is 11.5. The third-order valence-corrected chi connectivity index (χ3v) is 5.81. The number of nitrogens with one attached hydrogen (secondary N) is 2. The van der Waals surface area contributed by atoms with Crippen molar-refractivity contribution in [3.63, 3.8) is 0 Å². The molecular formula is C18H18N2O8P2. The van der Waals surface area contributed by atoms with Crippen molar-refractivity contribution >= 4 is 49.0 Å². The molecule has 10 nitrogen and oxygen atoms in total. The topological polar surface area (TPSA) is 173 Å². The van der Waals surface area contributed by atoms with Gasteiger partial charge in [0.1, 0.15) is 0 Å². The first kappa shape index (κ1) is 23.4. The summed E-state index contributed by atoms with van der Waals surface area (Å²) in [5, 5.41) is 3.60. The highest BCUT2D eigenvalue weighted by atomic mass is 31.2. The molecule has 2 aromatic rings. The van der Waals surface area contributed by atoms with Gasteiger partial charge in [-0.05, 0) is 47.5 Å². The molecule has 2 rings (SSSR count). The van der Waals surface area contributed by atoms with Crippen molar-refractivity contribution in [1.29, 1.82) is 0 Å². The van der Waals surface area contributed by atoms with Crippen LogP contribution >= 0.6 is 15.2 Å². The van der Waals surface area contributed by atoms with Crippen molar-refractivity contribution in [2.75, 3.05) is 10.6 Å². The molecule has 0 aliphatic rings. The number of carbonyl (C=O) groups is 2. The Morgan fingerprint density at radius 3 is 1.33 bits per heavy atom. The van der Waals surface area contributed by atoms with Gasteiger partial charge in [-0.1, -0.05) is 25.3 Å². The highest BCUT2D eigenvalue weighted by Crippen LogP contribution is 2.43. The summed E-state index contributed by atoms with van der Waals surface area (Å²) in [5.41, 5.74) is -0.205. The Labute approximate surface area is 171 Å². The summed E-state index contributed by atoms with van der Waals surface area (Å²) in [6, 6.07) is 7.06. The molecule has 2 aromatic carbocycles. The fraction of sp³-hybridized carbons (Fsp3) is 0. The van der Waals surface area contributed by atoms with Gasteiger partial charge in [0.15, 0.2) is 0 Å². The number of rotatable bonds is 7. The molecule has 0 saturated heterocycles. The quantitative estimate of drug-likeness (QED) is 0.269. The minimum Gasteiger partial charge on any atom is -0.323 e. The Balaban J connectivity index is 2.72. The van der Waals surface area contributed by atoms with Crippen LogP contribution in [0.15, 0.2) is 61.7 Å². The van der Waals surface area contributed by atoms with Crippen LogP contribution in [0.4, 0.5) is 11.4 Å². The molecule has 0 atom stereocenters. The lowest BCUT2D eigenvalue weighted by atomic mass is 10.0. The van der Waals surface area contributed by atoms with Crippen molar-refractivity contribution in [3.05, 3.63) is 61.7 Å². The summed E-state index contributed by atoms with van der Waals surface area (Å²) in [6.07, 6.45) is 1.93. The van der Waals surface area contributed by atoms with Crippen molar-refractivity contribution in [2.45, 2.75) is 0 Å². The van der Waals surface area contributed by atoms with Gasteiger partial charge in [0, 0.05) is 11.4 Å². The zero-order chi connectivity index (χ0) is 22.7. The number of hydrogen-bond acceptors (Lipinski definition) is 4. The van der Waals surface area contributed by atoms with Crippen molar-refractivity contribution < 1.29 is 38.3 Å². The molecule has 6 N–H and O–H groups in total. The lowest BCUT2D eigenvalue weighted by molar-refractivity contribution is -0.112. The highest BCUT2D eigenvalue weighted by Gasteiger charge is 2.29. The zero-order valence-electron chi connectivity index (χ0n) is 15.3. The van der Waals surface area contributed by atoms with Gasteiger partial charge >= 0.3 is 15.2 Å². The molecule has 0 aliphatic heterocycles. The number of anilines is 2. The lowest BCUT2D eigenvalue weighted by Crippen LogP contribution is -2.17. The van der Waals surface area contributed by atoms with Gasteiger partial charge in [-0.25, -0.2) is 0 Å². The summed E-state index contributed by atoms with van der Waals surface area (Å²) in [4.78, 5) is 62.0. The molecule has 0 radical (unpaired) electrons. The fourth-order valence-electron chi connectivity index (χ4n) is 2.54. The maximum atomic E-state index is 12.0. The van der Waals surface area contributed by atoms with E-state index in [4.69, 9.17) is 0 Å². The molecular weight excluding hydrogens is 434 g/mol. The van der Waals surface area contributed by atoms with Gasteiger partial charge in [0.2, 0.25) is 11.8 Å². The molecule has 0 heterocycles. The molecule has 158 valence electrons. The van der Waals surface area contributed by atoms with E-state index in [0.29, 0.717) is 0 Å². The standard InChI is InChI=1S/C18H18N2O8P2/c1-3-17(21)19-11-5-7-13(15(9-11)29(23,24)25)14-8-6-12(20-18(22)4-2)10-16(14)30(26,27)28/h3-10H,1-2H2,(H,19,21)(H,20,22)(H2,23,24,25)(H2,26,27,28). The van der Waals surface area contributed by atoms with Gasteiger partial charge in [0.25, 0.3) is 0 Å². The van der Waals surface area contributed by atoms with E-state index in [2.05, 4.69) is 23.8 Å². The van der Waals surface area contributed by atoms with E-state index < -0.39 is 37.6 Å². The molecule has 0 bridgehead atoms. The van der Waals surface area contributed by atoms with Crippen LogP contribution in [0.1, 0.15) is 0 Å². The molecule has 12 heteroatoms. The second kappa shape index (κ2) is 8.89. The maximum absolute atomic E-state index is 12.0. The Morgan fingerprint density at radius 2 is 1.07 bits per heavy atom. The average molecular weight is 452 g/mol. The molecule has 0 aliphatic carbocycles. The van der Waals surface area contributed by atoms with Gasteiger partial charge in [-0.2, -0.15) is 0 Å². The predicted molar refractivity (Wildman–Crippen MR) is 113 cm³/mol. The van der Waals surface area contributed by atoms with Crippen LogP contribution in [0.5, 0.6) is 0 Å². The van der Waals surface area contributed by atoms with Crippen LogP contribution in [0.2, 0.25) is 0 Å². The molecule has 0 spiro atoms. The van der Waals surface area contributed by atoms with Crippen LogP contribution in [0.25, 0.3) is 11.1 Å². The minimum absolute atomic E-state index is 0.0505. The monoisotopic (exact) mass is 452 g/mol. The average Bonchev–Trinajstić information content (AvgIpc) is 2.66. The van der Waals surface area contributed by atoms with Crippen LogP contribution in [0.3, 0.4) is 0 Å². The fourth-order valence-corrected chi connectivity index (χ4v) is 4.18. The van der Waals surface area contributed by atoms with E-state index in [9.17, 15) is 38.3 Å². The molecule has 0 unspecified atom stereocenters. The molecule has 0 saturated carbocycles. The zero-order valence-corrected chi connectivity index (χ0v) is 17.1. The Hall–Kier alpha value is -2.84. The summed E-state index contributed by atoms with van der Waals surface area (Å²) in [6.45, 7) is 6.56. The largest absolute Gasteiger partial charge is 0.356 e. The lowest BCUT2D eigenvalue weighted by Gasteiger charge is -2.18. The molecule has 0 aromatic heterocycles. The van der Waals surface area contributed by atoms with Crippen LogP contribution in [-0.2, 0) is 18.7 Å². The molecule has 2 amide bonds. The third kappa shape index (κ3) is 5.61. The van der Waals surface area contributed by atoms with Crippen molar-refractivity contribution in [2.24, 2.45) is 0 Å². The van der Waals surface area contributed by atoms with Gasteiger partial charge in [0.05, 0.1) is 10.6 Å². The van der Waals surface area contributed by atoms with E-state index in [1.54, 1.807) is 0 Å². The second-order valence-electron chi connectivity index (χ2n) is 5.94. The summed E-state index contributed by atoms with van der Waals surface area (Å²) < 4.78 is 24.1. The molecule has 0 fully saturated rings.